The molecule has 0 unspecified atom stereocenters. The first-order valence-electron chi connectivity index (χ1n) is 10.0. The molecule has 31 heavy (non-hydrogen) atoms. The van der Waals surface area contributed by atoms with Crippen LogP contribution in [0.5, 0.6) is 0 Å². The van der Waals surface area contributed by atoms with Crippen LogP contribution >= 0.6 is 27.5 Å². The molecule has 0 bridgehead atoms. The average Bonchev–Trinajstić information content (AvgIpc) is 3.12. The van der Waals surface area contributed by atoms with Gasteiger partial charge >= 0.3 is 5.97 Å². The van der Waals surface area contributed by atoms with E-state index < -0.39 is 35.2 Å². The number of fused-ring (bicyclic) bond motifs is 2. The standard InChI is InChI=1S/C23H23BrClFN2O3/c1-22(2,3)10-16-23(13-8-7-11(24)9-15(13)27-21(23)31)17(19(28-16)20(29)30)12-5-4-6-14(25)18(12)26/h4-9,16-17,19,28H,10H2,1-3H3,(H,27,31)(H,29,30)/t16-,17-,19+,23+/m0/s1. The number of carbonyl (C=O) groups is 2. The normalized spacial score (nSPS) is 27.4. The zero-order chi connectivity index (χ0) is 22.7. The highest BCUT2D eigenvalue weighted by Gasteiger charge is 2.66. The first-order valence-corrected chi connectivity index (χ1v) is 11.2. The van der Waals surface area contributed by atoms with Gasteiger partial charge < -0.3 is 10.4 Å². The molecule has 1 spiro atoms. The van der Waals surface area contributed by atoms with Crippen molar-refractivity contribution in [3.05, 3.63) is 62.8 Å². The van der Waals surface area contributed by atoms with Gasteiger partial charge in [-0.05, 0) is 41.2 Å². The maximum absolute atomic E-state index is 15.3. The Labute approximate surface area is 193 Å². The van der Waals surface area contributed by atoms with Crippen LogP contribution in [0.15, 0.2) is 40.9 Å². The maximum atomic E-state index is 15.3. The summed E-state index contributed by atoms with van der Waals surface area (Å²) in [6, 6.07) is 8.24. The maximum Gasteiger partial charge on any atom is 0.321 e. The number of hydrogen-bond acceptors (Lipinski definition) is 3. The second kappa shape index (κ2) is 7.57. The fourth-order valence-corrected chi connectivity index (χ4v) is 5.68. The van der Waals surface area contributed by atoms with E-state index >= 15 is 4.39 Å². The fraction of sp³-hybridized carbons (Fsp3) is 0.391. The molecule has 1 fully saturated rings. The van der Waals surface area contributed by atoms with Crippen LogP contribution in [0.4, 0.5) is 10.1 Å². The van der Waals surface area contributed by atoms with Gasteiger partial charge in [-0.25, -0.2) is 4.39 Å². The Morgan fingerprint density at radius 3 is 2.65 bits per heavy atom. The summed E-state index contributed by atoms with van der Waals surface area (Å²) in [5.74, 6) is -3.16. The smallest absolute Gasteiger partial charge is 0.321 e. The van der Waals surface area contributed by atoms with E-state index in [1.165, 1.54) is 12.1 Å². The number of benzene rings is 2. The number of carboxylic acids is 1. The number of amides is 1. The molecule has 164 valence electrons. The number of carboxylic acid groups (broad SMARTS) is 1. The molecule has 0 aromatic heterocycles. The lowest BCUT2D eigenvalue weighted by Crippen LogP contribution is -2.49. The number of aliphatic carboxylic acids is 1. The Kier molecular flexibility index (Phi) is 5.43. The third-order valence-electron chi connectivity index (χ3n) is 6.20. The quantitative estimate of drug-likeness (QED) is 0.539. The molecule has 3 N–H and O–H groups in total. The van der Waals surface area contributed by atoms with Crippen LogP contribution in [0.25, 0.3) is 0 Å². The first kappa shape index (κ1) is 22.2. The molecule has 2 heterocycles. The molecule has 2 aromatic rings. The van der Waals surface area contributed by atoms with E-state index in [1.54, 1.807) is 12.1 Å². The minimum Gasteiger partial charge on any atom is -0.480 e. The highest BCUT2D eigenvalue weighted by molar-refractivity contribution is 9.10. The van der Waals surface area contributed by atoms with Crippen molar-refractivity contribution in [2.24, 2.45) is 5.41 Å². The lowest BCUT2D eigenvalue weighted by Gasteiger charge is -2.37. The summed E-state index contributed by atoms with van der Waals surface area (Å²) >= 11 is 9.49. The summed E-state index contributed by atoms with van der Waals surface area (Å²) in [6.07, 6.45) is 0.512. The number of nitrogens with one attached hydrogen (secondary N) is 2. The number of anilines is 1. The minimum absolute atomic E-state index is 0.106. The zero-order valence-electron chi connectivity index (χ0n) is 17.3. The molecule has 1 saturated heterocycles. The topological polar surface area (TPSA) is 78.4 Å². The van der Waals surface area contributed by atoms with Crippen LogP contribution in [-0.4, -0.2) is 29.1 Å². The second-order valence-electron chi connectivity index (χ2n) is 9.43. The highest BCUT2D eigenvalue weighted by Crippen LogP contribution is 2.57. The number of rotatable bonds is 3. The molecule has 2 aromatic carbocycles. The van der Waals surface area contributed by atoms with Gasteiger partial charge in [0.1, 0.15) is 17.3 Å². The lowest BCUT2D eigenvalue weighted by molar-refractivity contribution is -0.139. The summed E-state index contributed by atoms with van der Waals surface area (Å²) in [7, 11) is 0. The summed E-state index contributed by atoms with van der Waals surface area (Å²) in [4.78, 5) is 26.0. The summed E-state index contributed by atoms with van der Waals surface area (Å²) in [5, 5.41) is 16.1. The van der Waals surface area contributed by atoms with Gasteiger partial charge in [-0.15, -0.1) is 0 Å². The van der Waals surface area contributed by atoms with Crippen LogP contribution in [-0.2, 0) is 15.0 Å². The van der Waals surface area contributed by atoms with Crippen molar-refractivity contribution >= 4 is 45.1 Å². The largest absolute Gasteiger partial charge is 0.480 e. The van der Waals surface area contributed by atoms with E-state index in [0.29, 0.717) is 17.7 Å². The first-order chi connectivity index (χ1) is 14.5. The van der Waals surface area contributed by atoms with Gasteiger partial charge in [0.05, 0.1) is 5.02 Å². The summed E-state index contributed by atoms with van der Waals surface area (Å²) in [6.45, 7) is 6.09. The molecule has 0 radical (unpaired) electrons. The van der Waals surface area contributed by atoms with E-state index in [1.807, 2.05) is 32.9 Å². The zero-order valence-corrected chi connectivity index (χ0v) is 19.6. The number of halogens is 3. The predicted octanol–water partition coefficient (Wildman–Crippen LogP) is 5.08. The van der Waals surface area contributed by atoms with E-state index in [9.17, 15) is 14.7 Å². The molecular formula is C23H23BrClFN2O3. The average molecular weight is 510 g/mol. The molecule has 1 amide bonds. The van der Waals surface area contributed by atoms with Crippen LogP contribution in [0, 0.1) is 11.2 Å². The summed E-state index contributed by atoms with van der Waals surface area (Å²) < 4.78 is 16.0. The van der Waals surface area contributed by atoms with Crippen molar-refractivity contribution in [3.8, 4) is 0 Å². The van der Waals surface area contributed by atoms with Crippen LogP contribution in [0.2, 0.25) is 5.02 Å². The third-order valence-corrected chi connectivity index (χ3v) is 6.99. The van der Waals surface area contributed by atoms with Crippen molar-refractivity contribution in [2.75, 3.05) is 5.32 Å². The molecule has 0 saturated carbocycles. The van der Waals surface area contributed by atoms with Gasteiger partial charge in [-0.2, -0.15) is 0 Å². The van der Waals surface area contributed by atoms with Crippen molar-refractivity contribution in [1.82, 2.24) is 5.32 Å². The van der Waals surface area contributed by atoms with Gasteiger partial charge in [0, 0.05) is 22.1 Å². The molecule has 5 nitrogen and oxygen atoms in total. The van der Waals surface area contributed by atoms with Gasteiger partial charge in [0.2, 0.25) is 5.91 Å². The molecular weight excluding hydrogens is 487 g/mol. The van der Waals surface area contributed by atoms with Gasteiger partial charge in [0.25, 0.3) is 0 Å². The molecule has 4 atom stereocenters. The minimum atomic E-state index is -1.31. The van der Waals surface area contributed by atoms with Crippen molar-refractivity contribution in [1.29, 1.82) is 0 Å². The Bertz CT molecular complexity index is 1090. The van der Waals surface area contributed by atoms with Gasteiger partial charge in [-0.3, -0.25) is 14.9 Å². The Morgan fingerprint density at radius 2 is 2.00 bits per heavy atom. The van der Waals surface area contributed by atoms with E-state index in [2.05, 4.69) is 26.6 Å². The predicted molar refractivity (Wildman–Crippen MR) is 121 cm³/mol. The molecule has 0 aliphatic carbocycles. The van der Waals surface area contributed by atoms with Crippen molar-refractivity contribution in [3.63, 3.8) is 0 Å². The van der Waals surface area contributed by atoms with Gasteiger partial charge in [0.15, 0.2) is 0 Å². The molecule has 8 heteroatoms. The lowest BCUT2D eigenvalue weighted by atomic mass is 9.62. The summed E-state index contributed by atoms with van der Waals surface area (Å²) in [5.41, 5.74) is -0.143. The van der Waals surface area contributed by atoms with Gasteiger partial charge in [-0.1, -0.05) is 66.5 Å². The Morgan fingerprint density at radius 1 is 1.29 bits per heavy atom. The highest BCUT2D eigenvalue weighted by atomic mass is 79.9. The van der Waals surface area contributed by atoms with E-state index in [-0.39, 0.29) is 21.9 Å². The van der Waals surface area contributed by atoms with Crippen LogP contribution in [0.3, 0.4) is 0 Å². The molecule has 2 aliphatic heterocycles. The SMILES string of the molecule is CC(C)(C)C[C@@H]1N[C@@H](C(=O)O)[C@H](c2cccc(Cl)c2F)[C@]12C(=O)Nc1cc(Br)ccc12. The van der Waals surface area contributed by atoms with Crippen molar-refractivity contribution < 1.29 is 19.1 Å². The van der Waals surface area contributed by atoms with Crippen LogP contribution in [0.1, 0.15) is 44.2 Å². The number of carbonyl (C=O) groups excluding carboxylic acids is 1. The Hall–Kier alpha value is -1.96. The monoisotopic (exact) mass is 508 g/mol. The molecule has 2 aliphatic rings. The fourth-order valence-electron chi connectivity index (χ4n) is 5.14. The van der Waals surface area contributed by atoms with E-state index in [0.717, 1.165) is 4.47 Å². The van der Waals surface area contributed by atoms with Crippen molar-refractivity contribution in [2.45, 2.75) is 50.6 Å². The second-order valence-corrected chi connectivity index (χ2v) is 10.8. The third kappa shape index (κ3) is 3.47. The Balaban J connectivity index is 2.04. The molecule has 4 rings (SSSR count). The number of hydrogen-bond donors (Lipinski definition) is 3. The van der Waals surface area contributed by atoms with E-state index in [4.69, 9.17) is 11.6 Å². The van der Waals surface area contributed by atoms with Crippen LogP contribution < -0.4 is 10.6 Å².